The third kappa shape index (κ3) is 3.84. The zero-order chi connectivity index (χ0) is 15.4. The van der Waals surface area contributed by atoms with Gasteiger partial charge in [0.05, 0.1) is 13.7 Å². The van der Waals surface area contributed by atoms with Crippen molar-refractivity contribution < 1.29 is 14.8 Å². The summed E-state index contributed by atoms with van der Waals surface area (Å²) >= 11 is 0. The van der Waals surface area contributed by atoms with Gasteiger partial charge in [-0.05, 0) is 18.7 Å². The summed E-state index contributed by atoms with van der Waals surface area (Å²) in [5.74, 6) is 1.45. The van der Waals surface area contributed by atoms with Crippen molar-refractivity contribution in [2.75, 3.05) is 14.2 Å². The van der Waals surface area contributed by atoms with E-state index in [4.69, 9.17) is 4.74 Å². The second kappa shape index (κ2) is 6.75. The van der Waals surface area contributed by atoms with Gasteiger partial charge in [-0.3, -0.25) is 4.90 Å². The lowest BCUT2D eigenvalue weighted by atomic mass is 9.78. The van der Waals surface area contributed by atoms with Crippen molar-refractivity contribution in [3.63, 3.8) is 0 Å². The maximum Gasteiger partial charge on any atom is 0.492 e. The van der Waals surface area contributed by atoms with Crippen molar-refractivity contribution >= 4 is 12.6 Å². The summed E-state index contributed by atoms with van der Waals surface area (Å²) in [6.45, 7) is 1.39. The van der Waals surface area contributed by atoms with Gasteiger partial charge in [-0.25, -0.2) is 4.98 Å². The van der Waals surface area contributed by atoms with Crippen LogP contribution in [0, 0.1) is 0 Å². The number of rotatable bonds is 6. The maximum absolute atomic E-state index is 9.39. The molecule has 2 aromatic rings. The van der Waals surface area contributed by atoms with Crippen LogP contribution < -0.4 is 10.2 Å². The van der Waals surface area contributed by atoms with Crippen LogP contribution in [0.15, 0.2) is 30.6 Å². The van der Waals surface area contributed by atoms with E-state index in [1.165, 1.54) is 7.11 Å². The fourth-order valence-corrected chi connectivity index (χ4v) is 2.24. The molecule has 1 heterocycles. The topological polar surface area (TPSA) is 70.8 Å². The minimum atomic E-state index is -1.54. The highest BCUT2D eigenvalue weighted by Crippen LogP contribution is 2.12. The molecule has 0 unspecified atom stereocenters. The van der Waals surface area contributed by atoms with Crippen LogP contribution in [0.1, 0.15) is 11.4 Å². The third-order valence-corrected chi connectivity index (χ3v) is 3.36. The van der Waals surface area contributed by atoms with Gasteiger partial charge in [0.2, 0.25) is 0 Å². The van der Waals surface area contributed by atoms with Crippen LogP contribution in [0.2, 0.25) is 0 Å². The molecule has 21 heavy (non-hydrogen) atoms. The highest BCUT2D eigenvalue weighted by molar-refractivity contribution is 6.59. The molecule has 0 fully saturated rings. The Morgan fingerprint density at radius 2 is 2.10 bits per heavy atom. The molecule has 0 spiro atoms. The van der Waals surface area contributed by atoms with Crippen LogP contribution in [-0.4, -0.2) is 45.8 Å². The monoisotopic (exact) mass is 289 g/mol. The molecular formula is C14H20BN3O3. The fourth-order valence-electron chi connectivity index (χ4n) is 2.24. The third-order valence-electron chi connectivity index (χ3n) is 3.36. The summed E-state index contributed by atoms with van der Waals surface area (Å²) in [5.41, 5.74) is 1.36. The number of nitrogens with zero attached hydrogens (tertiary/aromatic N) is 3. The van der Waals surface area contributed by atoms with E-state index in [0.29, 0.717) is 24.3 Å². The van der Waals surface area contributed by atoms with Gasteiger partial charge in [0.15, 0.2) is 0 Å². The lowest BCUT2D eigenvalue weighted by Gasteiger charge is -2.17. The van der Waals surface area contributed by atoms with E-state index in [9.17, 15) is 10.0 Å². The van der Waals surface area contributed by atoms with Gasteiger partial charge in [-0.15, -0.1) is 0 Å². The number of aryl methyl sites for hydroxylation is 1. The van der Waals surface area contributed by atoms with E-state index in [1.807, 2.05) is 30.9 Å². The molecule has 0 bridgehead atoms. The molecule has 1 aromatic heterocycles. The quantitative estimate of drug-likeness (QED) is 0.717. The number of hydrogen-bond acceptors (Lipinski definition) is 5. The smallest absolute Gasteiger partial charge is 0.492 e. The molecule has 2 rings (SSSR count). The molecule has 0 atom stereocenters. The molecular weight excluding hydrogens is 269 g/mol. The second-order valence-corrected chi connectivity index (χ2v) is 5.08. The number of aromatic nitrogens is 2. The normalized spacial score (nSPS) is 11.0. The molecule has 7 heteroatoms. The Morgan fingerprint density at radius 3 is 2.67 bits per heavy atom. The zero-order valence-electron chi connectivity index (χ0n) is 12.5. The SMILES string of the molecule is COc1ccc(CN(C)Cc2nccn2C)cc1B(O)O. The standard InChI is InChI=1S/C14H20BN3O3/c1-17(10-14-16-6-7-18(14)2)9-11-4-5-13(21-3)12(8-11)15(19)20/h4-8,19-20H,9-10H2,1-3H3. The van der Waals surface area contributed by atoms with Crippen LogP contribution in [0.5, 0.6) is 5.75 Å². The first kappa shape index (κ1) is 15.6. The summed E-state index contributed by atoms with van der Waals surface area (Å²) in [6.07, 6.45) is 3.69. The molecule has 0 aliphatic carbocycles. The number of benzene rings is 1. The Balaban J connectivity index is 2.08. The summed E-state index contributed by atoms with van der Waals surface area (Å²) in [7, 11) is 3.92. The Morgan fingerprint density at radius 1 is 1.33 bits per heavy atom. The van der Waals surface area contributed by atoms with Crippen molar-refractivity contribution in [2.24, 2.45) is 7.05 Å². The Bertz CT molecular complexity index is 601. The minimum Gasteiger partial charge on any atom is -0.497 e. The van der Waals surface area contributed by atoms with E-state index in [1.54, 1.807) is 18.3 Å². The predicted molar refractivity (Wildman–Crippen MR) is 81.2 cm³/mol. The predicted octanol–water partition coefficient (Wildman–Crippen LogP) is -0.259. The molecule has 0 radical (unpaired) electrons. The molecule has 0 aliphatic heterocycles. The van der Waals surface area contributed by atoms with Gasteiger partial charge in [0.1, 0.15) is 11.6 Å². The summed E-state index contributed by atoms with van der Waals surface area (Å²) in [5, 5.41) is 18.8. The molecule has 6 nitrogen and oxygen atoms in total. The van der Waals surface area contributed by atoms with E-state index in [0.717, 1.165) is 11.4 Å². The van der Waals surface area contributed by atoms with Gasteiger partial charge in [0.25, 0.3) is 0 Å². The van der Waals surface area contributed by atoms with Crippen molar-refractivity contribution in [1.82, 2.24) is 14.5 Å². The number of methoxy groups -OCH3 is 1. The van der Waals surface area contributed by atoms with Crippen LogP contribution in [-0.2, 0) is 20.1 Å². The molecule has 2 N–H and O–H groups in total. The second-order valence-electron chi connectivity index (χ2n) is 5.08. The molecule has 0 amide bonds. The first-order valence-corrected chi connectivity index (χ1v) is 6.69. The molecule has 0 saturated carbocycles. The maximum atomic E-state index is 9.39. The number of ether oxygens (including phenoxy) is 1. The van der Waals surface area contributed by atoms with Gasteiger partial charge in [-0.2, -0.15) is 0 Å². The van der Waals surface area contributed by atoms with Crippen LogP contribution in [0.25, 0.3) is 0 Å². The Kier molecular flexibility index (Phi) is 5.00. The van der Waals surface area contributed by atoms with Crippen molar-refractivity contribution in [3.8, 4) is 5.75 Å². The molecule has 112 valence electrons. The first-order chi connectivity index (χ1) is 10.0. The molecule has 1 aromatic carbocycles. The van der Waals surface area contributed by atoms with Gasteiger partial charge in [0, 0.05) is 31.4 Å². The van der Waals surface area contributed by atoms with Crippen molar-refractivity contribution in [1.29, 1.82) is 0 Å². The molecule has 0 saturated heterocycles. The van der Waals surface area contributed by atoms with Gasteiger partial charge >= 0.3 is 7.12 Å². The largest absolute Gasteiger partial charge is 0.497 e. The average Bonchev–Trinajstić information content (AvgIpc) is 2.84. The zero-order valence-corrected chi connectivity index (χ0v) is 12.5. The van der Waals surface area contributed by atoms with Crippen LogP contribution >= 0.6 is 0 Å². The van der Waals surface area contributed by atoms with E-state index < -0.39 is 7.12 Å². The highest BCUT2D eigenvalue weighted by atomic mass is 16.5. The van der Waals surface area contributed by atoms with Crippen molar-refractivity contribution in [2.45, 2.75) is 13.1 Å². The van der Waals surface area contributed by atoms with E-state index in [-0.39, 0.29) is 0 Å². The highest BCUT2D eigenvalue weighted by Gasteiger charge is 2.17. The van der Waals surface area contributed by atoms with Crippen LogP contribution in [0.4, 0.5) is 0 Å². The van der Waals surface area contributed by atoms with Crippen LogP contribution in [0.3, 0.4) is 0 Å². The first-order valence-electron chi connectivity index (χ1n) is 6.69. The number of hydrogen-bond donors (Lipinski definition) is 2. The summed E-state index contributed by atoms with van der Waals surface area (Å²) in [6, 6.07) is 5.41. The van der Waals surface area contributed by atoms with Crippen molar-refractivity contribution in [3.05, 3.63) is 42.0 Å². The number of imidazole rings is 1. The Hall–Kier alpha value is -1.83. The lowest BCUT2D eigenvalue weighted by molar-refractivity contribution is 0.307. The average molecular weight is 289 g/mol. The van der Waals surface area contributed by atoms with Gasteiger partial charge in [-0.1, -0.05) is 12.1 Å². The van der Waals surface area contributed by atoms with E-state index in [2.05, 4.69) is 9.88 Å². The fraction of sp³-hybridized carbons (Fsp3) is 0.357. The lowest BCUT2D eigenvalue weighted by Crippen LogP contribution is -2.32. The van der Waals surface area contributed by atoms with E-state index >= 15 is 0 Å². The summed E-state index contributed by atoms with van der Waals surface area (Å²) in [4.78, 5) is 6.40. The Labute approximate surface area is 124 Å². The van der Waals surface area contributed by atoms with Gasteiger partial charge < -0.3 is 19.4 Å². The summed E-state index contributed by atoms with van der Waals surface area (Å²) < 4.78 is 7.10. The minimum absolute atomic E-state index is 0.375. The molecule has 0 aliphatic rings.